The summed E-state index contributed by atoms with van der Waals surface area (Å²) >= 11 is 1.68. The smallest absolute Gasteiger partial charge is 0.158 e. The standard InChI is InChI=1S/C16H20N4OS/c1-3-12-11(2)18-15-10-13(14-6-4-9-22-14)19-20(15)16(12)17-7-5-8-21/h4,6,9-10,17,21H,3,5,7-8H2,1-2H3. The van der Waals surface area contributed by atoms with Crippen LogP contribution in [0.5, 0.6) is 0 Å². The van der Waals surface area contributed by atoms with Gasteiger partial charge in [-0.2, -0.15) is 9.61 Å². The zero-order chi connectivity index (χ0) is 15.5. The molecule has 5 nitrogen and oxygen atoms in total. The molecule has 0 saturated heterocycles. The Labute approximate surface area is 133 Å². The minimum absolute atomic E-state index is 0.182. The van der Waals surface area contributed by atoms with Crippen molar-refractivity contribution >= 4 is 22.8 Å². The molecule has 0 fully saturated rings. The lowest BCUT2D eigenvalue weighted by atomic mass is 10.1. The maximum Gasteiger partial charge on any atom is 0.158 e. The van der Waals surface area contributed by atoms with Crippen molar-refractivity contribution in [3.8, 4) is 10.6 Å². The summed E-state index contributed by atoms with van der Waals surface area (Å²) in [5.41, 5.74) is 4.00. The molecule has 3 heterocycles. The van der Waals surface area contributed by atoms with Gasteiger partial charge in [-0.1, -0.05) is 13.0 Å². The topological polar surface area (TPSA) is 62.5 Å². The van der Waals surface area contributed by atoms with Crippen LogP contribution >= 0.6 is 11.3 Å². The first-order valence-electron chi connectivity index (χ1n) is 7.52. The van der Waals surface area contributed by atoms with Crippen molar-refractivity contribution < 1.29 is 5.11 Å². The molecule has 0 aliphatic rings. The quantitative estimate of drug-likeness (QED) is 0.686. The van der Waals surface area contributed by atoms with Gasteiger partial charge in [-0.15, -0.1) is 11.3 Å². The third kappa shape index (κ3) is 2.71. The number of aliphatic hydroxyl groups is 1. The van der Waals surface area contributed by atoms with Crippen molar-refractivity contribution in [1.82, 2.24) is 14.6 Å². The van der Waals surface area contributed by atoms with Crippen molar-refractivity contribution in [3.05, 3.63) is 34.8 Å². The Morgan fingerprint density at radius 2 is 2.27 bits per heavy atom. The summed E-state index contributed by atoms with van der Waals surface area (Å²) in [4.78, 5) is 5.82. The van der Waals surface area contributed by atoms with Crippen LogP contribution in [0.2, 0.25) is 0 Å². The molecule has 3 aromatic rings. The van der Waals surface area contributed by atoms with Crippen LogP contribution in [-0.2, 0) is 6.42 Å². The van der Waals surface area contributed by atoms with Crippen LogP contribution in [0.25, 0.3) is 16.2 Å². The number of aliphatic hydroxyl groups excluding tert-OH is 1. The molecule has 3 aromatic heterocycles. The predicted molar refractivity (Wildman–Crippen MR) is 90.6 cm³/mol. The van der Waals surface area contributed by atoms with Gasteiger partial charge in [0, 0.05) is 30.5 Å². The summed E-state index contributed by atoms with van der Waals surface area (Å²) in [6, 6.07) is 6.12. The second kappa shape index (κ2) is 6.46. The summed E-state index contributed by atoms with van der Waals surface area (Å²) in [6.45, 7) is 5.06. The number of nitrogens with one attached hydrogen (secondary N) is 1. The molecule has 0 aliphatic heterocycles. The highest BCUT2D eigenvalue weighted by atomic mass is 32.1. The Bertz CT molecular complexity index is 764. The normalized spacial score (nSPS) is 11.2. The largest absolute Gasteiger partial charge is 0.396 e. The highest BCUT2D eigenvalue weighted by Crippen LogP contribution is 2.27. The number of nitrogens with zero attached hydrogens (tertiary/aromatic N) is 3. The van der Waals surface area contributed by atoms with E-state index in [-0.39, 0.29) is 6.61 Å². The number of aryl methyl sites for hydroxylation is 1. The van der Waals surface area contributed by atoms with Gasteiger partial charge in [-0.3, -0.25) is 0 Å². The molecule has 22 heavy (non-hydrogen) atoms. The summed E-state index contributed by atoms with van der Waals surface area (Å²) in [5.74, 6) is 0.987. The number of hydrogen-bond acceptors (Lipinski definition) is 5. The van der Waals surface area contributed by atoms with Gasteiger partial charge in [0.15, 0.2) is 5.65 Å². The van der Waals surface area contributed by atoms with Crippen molar-refractivity contribution in [2.75, 3.05) is 18.5 Å². The average Bonchev–Trinajstić information content (AvgIpc) is 3.15. The monoisotopic (exact) mass is 316 g/mol. The Balaban J connectivity index is 2.11. The van der Waals surface area contributed by atoms with E-state index in [9.17, 15) is 0 Å². The van der Waals surface area contributed by atoms with Gasteiger partial charge in [0.25, 0.3) is 0 Å². The zero-order valence-corrected chi connectivity index (χ0v) is 13.7. The number of anilines is 1. The SMILES string of the molecule is CCc1c(C)nc2cc(-c3cccs3)nn2c1NCCCO. The van der Waals surface area contributed by atoms with Gasteiger partial charge in [-0.25, -0.2) is 4.98 Å². The van der Waals surface area contributed by atoms with Crippen LogP contribution in [0.15, 0.2) is 23.6 Å². The molecular weight excluding hydrogens is 296 g/mol. The van der Waals surface area contributed by atoms with Crippen LogP contribution in [-0.4, -0.2) is 32.9 Å². The fraction of sp³-hybridized carbons (Fsp3) is 0.375. The number of thiophene rings is 1. The summed E-state index contributed by atoms with van der Waals surface area (Å²) in [7, 11) is 0. The van der Waals surface area contributed by atoms with Crippen LogP contribution < -0.4 is 5.32 Å². The maximum atomic E-state index is 8.99. The zero-order valence-electron chi connectivity index (χ0n) is 12.8. The molecule has 0 bridgehead atoms. The molecule has 3 rings (SSSR count). The fourth-order valence-electron chi connectivity index (χ4n) is 2.59. The molecule has 0 spiro atoms. The van der Waals surface area contributed by atoms with E-state index < -0.39 is 0 Å². The van der Waals surface area contributed by atoms with E-state index in [1.165, 1.54) is 5.56 Å². The third-order valence-electron chi connectivity index (χ3n) is 3.66. The Morgan fingerprint density at radius 3 is 2.95 bits per heavy atom. The number of fused-ring (bicyclic) bond motifs is 1. The molecule has 0 aromatic carbocycles. The fourth-order valence-corrected chi connectivity index (χ4v) is 3.27. The van der Waals surface area contributed by atoms with Gasteiger partial charge in [0.1, 0.15) is 11.5 Å². The second-order valence-corrected chi connectivity index (χ2v) is 6.11. The molecule has 0 atom stereocenters. The lowest BCUT2D eigenvalue weighted by Crippen LogP contribution is -2.12. The van der Waals surface area contributed by atoms with E-state index in [1.54, 1.807) is 11.3 Å². The lowest BCUT2D eigenvalue weighted by molar-refractivity contribution is 0.292. The first kappa shape index (κ1) is 15.0. The van der Waals surface area contributed by atoms with Crippen LogP contribution in [0, 0.1) is 6.92 Å². The average molecular weight is 316 g/mol. The molecule has 2 N–H and O–H groups in total. The molecular formula is C16H20N4OS. The Hall–Kier alpha value is -1.92. The van der Waals surface area contributed by atoms with Crippen molar-refractivity contribution in [1.29, 1.82) is 0 Å². The van der Waals surface area contributed by atoms with Crippen molar-refractivity contribution in [2.45, 2.75) is 26.7 Å². The molecule has 0 saturated carbocycles. The number of aromatic nitrogens is 3. The second-order valence-electron chi connectivity index (χ2n) is 5.16. The van der Waals surface area contributed by atoms with Gasteiger partial charge >= 0.3 is 0 Å². The van der Waals surface area contributed by atoms with Crippen molar-refractivity contribution in [3.63, 3.8) is 0 Å². The van der Waals surface area contributed by atoms with Gasteiger partial charge in [0.2, 0.25) is 0 Å². The van der Waals surface area contributed by atoms with Gasteiger partial charge < -0.3 is 10.4 Å². The van der Waals surface area contributed by atoms with Gasteiger partial charge in [0.05, 0.1) is 4.88 Å². The summed E-state index contributed by atoms with van der Waals surface area (Å²) in [6.07, 6.45) is 1.61. The molecule has 0 aliphatic carbocycles. The highest BCUT2D eigenvalue weighted by Gasteiger charge is 2.14. The maximum absolute atomic E-state index is 8.99. The van der Waals surface area contributed by atoms with Crippen molar-refractivity contribution in [2.24, 2.45) is 0 Å². The first-order chi connectivity index (χ1) is 10.7. The van der Waals surface area contributed by atoms with E-state index in [1.807, 2.05) is 23.6 Å². The molecule has 0 amide bonds. The summed E-state index contributed by atoms with van der Waals surface area (Å²) < 4.78 is 1.89. The van der Waals surface area contributed by atoms with Gasteiger partial charge in [-0.05, 0) is 31.2 Å². The molecule has 0 unspecified atom stereocenters. The lowest BCUT2D eigenvalue weighted by Gasteiger charge is -2.14. The predicted octanol–water partition coefficient (Wildman–Crippen LogP) is 3.12. The molecule has 116 valence electrons. The minimum Gasteiger partial charge on any atom is -0.396 e. The summed E-state index contributed by atoms with van der Waals surface area (Å²) in [5, 5.41) is 19.2. The Kier molecular flexibility index (Phi) is 4.40. The van der Waals surface area contributed by atoms with E-state index in [0.717, 1.165) is 40.7 Å². The van der Waals surface area contributed by atoms with E-state index >= 15 is 0 Å². The van der Waals surface area contributed by atoms with E-state index in [4.69, 9.17) is 10.2 Å². The third-order valence-corrected chi connectivity index (χ3v) is 4.55. The van der Waals surface area contributed by atoms with Crippen LogP contribution in [0.1, 0.15) is 24.6 Å². The molecule has 6 heteroatoms. The van der Waals surface area contributed by atoms with Crippen LogP contribution in [0.4, 0.5) is 5.82 Å². The van der Waals surface area contributed by atoms with Crippen LogP contribution in [0.3, 0.4) is 0 Å². The Morgan fingerprint density at radius 1 is 1.41 bits per heavy atom. The number of rotatable bonds is 6. The number of hydrogen-bond donors (Lipinski definition) is 2. The minimum atomic E-state index is 0.182. The van der Waals surface area contributed by atoms with E-state index in [0.29, 0.717) is 6.42 Å². The first-order valence-corrected chi connectivity index (χ1v) is 8.40. The van der Waals surface area contributed by atoms with E-state index in [2.05, 4.69) is 28.7 Å². The highest BCUT2D eigenvalue weighted by molar-refractivity contribution is 7.13. The molecule has 0 radical (unpaired) electrons.